The molecule has 2 aliphatic rings. The highest BCUT2D eigenvalue weighted by molar-refractivity contribution is 9.10. The van der Waals surface area contributed by atoms with Crippen molar-refractivity contribution >= 4 is 21.8 Å². The van der Waals surface area contributed by atoms with Crippen LogP contribution in [0.5, 0.6) is 0 Å². The van der Waals surface area contributed by atoms with Gasteiger partial charge in [-0.05, 0) is 49.3 Å². The predicted molar refractivity (Wildman–Crippen MR) is 84.7 cm³/mol. The van der Waals surface area contributed by atoms with Gasteiger partial charge in [0.2, 0.25) is 0 Å². The van der Waals surface area contributed by atoms with Gasteiger partial charge in [0.25, 0.3) is 5.91 Å². The van der Waals surface area contributed by atoms with Crippen LogP contribution < -0.4 is 0 Å². The van der Waals surface area contributed by atoms with Crippen LogP contribution in [0.1, 0.15) is 49.4 Å². The number of benzene rings is 1. The molecule has 0 radical (unpaired) electrons. The third-order valence-corrected chi connectivity index (χ3v) is 5.65. The highest BCUT2D eigenvalue weighted by atomic mass is 79.9. The van der Waals surface area contributed by atoms with Gasteiger partial charge in [0.1, 0.15) is 5.82 Å². The highest BCUT2D eigenvalue weighted by Gasteiger charge is 2.39. The molecule has 2 nitrogen and oxygen atoms in total. The Bertz CT molecular complexity index is 548. The average Bonchev–Trinajstić information content (AvgIpc) is 2.47. The van der Waals surface area contributed by atoms with E-state index in [1.807, 2.05) is 4.90 Å². The third-order valence-electron chi connectivity index (χ3n) is 5.16. The minimum absolute atomic E-state index is 0.135. The lowest BCUT2D eigenvalue weighted by Gasteiger charge is -2.47. The minimum Gasteiger partial charge on any atom is -0.335 e. The van der Waals surface area contributed by atoms with E-state index in [2.05, 4.69) is 22.9 Å². The van der Waals surface area contributed by atoms with Crippen LogP contribution in [0, 0.1) is 17.7 Å². The molecule has 114 valence electrons. The number of carbonyl (C=O) groups excluding carboxylic acids is 1. The average molecular weight is 354 g/mol. The summed E-state index contributed by atoms with van der Waals surface area (Å²) in [6, 6.07) is 5.01. The van der Waals surface area contributed by atoms with E-state index in [9.17, 15) is 9.18 Å². The van der Waals surface area contributed by atoms with Gasteiger partial charge in [-0.25, -0.2) is 4.39 Å². The number of nitrogens with zero attached hydrogens (tertiary/aromatic N) is 1. The molecule has 3 rings (SSSR count). The Labute approximate surface area is 133 Å². The molecule has 0 bridgehead atoms. The summed E-state index contributed by atoms with van der Waals surface area (Å²) in [5.41, 5.74) is 0.206. The molecule has 0 aromatic heterocycles. The van der Waals surface area contributed by atoms with Crippen molar-refractivity contribution in [3.63, 3.8) is 0 Å². The van der Waals surface area contributed by atoms with E-state index < -0.39 is 5.82 Å². The maximum absolute atomic E-state index is 14.1. The smallest absolute Gasteiger partial charge is 0.257 e. The molecule has 1 aromatic carbocycles. The molecule has 1 aliphatic heterocycles. The van der Waals surface area contributed by atoms with E-state index >= 15 is 0 Å². The second-order valence-electron chi connectivity index (χ2n) is 6.40. The summed E-state index contributed by atoms with van der Waals surface area (Å²) in [7, 11) is 0. The number of likely N-dealkylation sites (tertiary alicyclic amines) is 1. The van der Waals surface area contributed by atoms with E-state index in [4.69, 9.17) is 0 Å². The fourth-order valence-corrected chi connectivity index (χ4v) is 4.32. The molecular formula is C17H21BrFNO. The predicted octanol–water partition coefficient (Wildman–Crippen LogP) is 4.63. The number of hydrogen-bond acceptors (Lipinski definition) is 1. The lowest BCUT2D eigenvalue weighted by molar-refractivity contribution is 0.0214. The molecule has 4 heteroatoms. The van der Waals surface area contributed by atoms with Crippen LogP contribution in [0.15, 0.2) is 22.7 Å². The van der Waals surface area contributed by atoms with Gasteiger partial charge in [-0.15, -0.1) is 0 Å². The summed E-state index contributed by atoms with van der Waals surface area (Å²) in [4.78, 5) is 14.7. The second kappa shape index (κ2) is 6.07. The van der Waals surface area contributed by atoms with Crippen molar-refractivity contribution in [2.75, 3.05) is 6.54 Å². The van der Waals surface area contributed by atoms with Gasteiger partial charge in [-0.1, -0.05) is 35.7 Å². The van der Waals surface area contributed by atoms with Crippen LogP contribution in [-0.4, -0.2) is 23.4 Å². The van der Waals surface area contributed by atoms with Crippen LogP contribution in [0.2, 0.25) is 0 Å². The molecule has 2 fully saturated rings. The van der Waals surface area contributed by atoms with Crippen molar-refractivity contribution in [3.05, 3.63) is 34.1 Å². The summed E-state index contributed by atoms with van der Waals surface area (Å²) in [6.45, 7) is 3.06. The van der Waals surface area contributed by atoms with Crippen LogP contribution in [0.25, 0.3) is 0 Å². The summed E-state index contributed by atoms with van der Waals surface area (Å²) in [6.07, 6.45) is 5.75. The summed E-state index contributed by atoms with van der Waals surface area (Å²) < 4.78 is 14.7. The molecule has 3 atom stereocenters. The monoisotopic (exact) mass is 353 g/mol. The van der Waals surface area contributed by atoms with Gasteiger partial charge in [0.15, 0.2) is 0 Å². The zero-order chi connectivity index (χ0) is 15.0. The zero-order valence-corrected chi connectivity index (χ0v) is 13.9. The maximum Gasteiger partial charge on any atom is 0.257 e. The van der Waals surface area contributed by atoms with Crippen molar-refractivity contribution in [1.82, 2.24) is 4.90 Å². The lowest BCUT2D eigenvalue weighted by atomic mass is 9.72. The summed E-state index contributed by atoms with van der Waals surface area (Å²) in [5.74, 6) is 0.702. The van der Waals surface area contributed by atoms with Crippen molar-refractivity contribution in [2.24, 2.45) is 11.8 Å². The van der Waals surface area contributed by atoms with Crippen molar-refractivity contribution < 1.29 is 9.18 Å². The van der Waals surface area contributed by atoms with E-state index in [-0.39, 0.29) is 11.5 Å². The molecular weight excluding hydrogens is 333 g/mol. The maximum atomic E-state index is 14.1. The van der Waals surface area contributed by atoms with Gasteiger partial charge in [0, 0.05) is 17.1 Å². The number of hydrogen-bond donors (Lipinski definition) is 0. The Morgan fingerprint density at radius 1 is 1.29 bits per heavy atom. The number of piperidine rings is 1. The standard InChI is InChI=1S/C17H21BrFNO/c1-11-8-9-20(16-5-3-2-4-13(11)16)17(21)14-7-6-12(18)10-15(14)19/h6-7,10-11,13,16H,2-5,8-9H2,1H3/t11-,13+,16-/m1/s1. The molecule has 0 N–H and O–H groups in total. The quantitative estimate of drug-likeness (QED) is 0.720. The normalized spacial score (nSPS) is 29.1. The summed E-state index contributed by atoms with van der Waals surface area (Å²) in [5, 5.41) is 0. The molecule has 0 unspecified atom stereocenters. The van der Waals surface area contributed by atoms with Crippen LogP contribution in [0.4, 0.5) is 4.39 Å². The number of fused-ring (bicyclic) bond motifs is 1. The fourth-order valence-electron chi connectivity index (χ4n) is 3.98. The fraction of sp³-hybridized carbons (Fsp3) is 0.588. The molecule has 1 saturated heterocycles. The summed E-state index contributed by atoms with van der Waals surface area (Å²) >= 11 is 3.24. The molecule has 21 heavy (non-hydrogen) atoms. The van der Waals surface area contributed by atoms with Gasteiger partial charge in [-0.2, -0.15) is 0 Å². The van der Waals surface area contributed by atoms with E-state index in [1.54, 1.807) is 12.1 Å². The number of rotatable bonds is 1. The first kappa shape index (κ1) is 15.0. The zero-order valence-electron chi connectivity index (χ0n) is 12.3. The Morgan fingerprint density at radius 2 is 2.05 bits per heavy atom. The van der Waals surface area contributed by atoms with Crippen molar-refractivity contribution in [2.45, 2.75) is 45.1 Å². The second-order valence-corrected chi connectivity index (χ2v) is 7.32. The van der Waals surface area contributed by atoms with Crippen LogP contribution in [0.3, 0.4) is 0 Å². The number of halogens is 2. The molecule has 1 saturated carbocycles. The first-order valence-corrected chi connectivity index (χ1v) is 8.63. The first-order chi connectivity index (χ1) is 10.1. The topological polar surface area (TPSA) is 20.3 Å². The van der Waals surface area contributed by atoms with Gasteiger partial charge in [-0.3, -0.25) is 4.79 Å². The van der Waals surface area contributed by atoms with Gasteiger partial charge < -0.3 is 4.90 Å². The number of carbonyl (C=O) groups is 1. The van der Waals surface area contributed by atoms with Gasteiger partial charge >= 0.3 is 0 Å². The Balaban J connectivity index is 1.86. The van der Waals surface area contributed by atoms with Gasteiger partial charge in [0.05, 0.1) is 5.56 Å². The lowest BCUT2D eigenvalue weighted by Crippen LogP contribution is -2.52. The van der Waals surface area contributed by atoms with Crippen molar-refractivity contribution in [3.8, 4) is 0 Å². The first-order valence-electron chi connectivity index (χ1n) is 7.84. The minimum atomic E-state index is -0.430. The van der Waals surface area contributed by atoms with E-state index in [1.165, 1.54) is 25.3 Å². The molecule has 1 aliphatic carbocycles. The Morgan fingerprint density at radius 3 is 2.81 bits per heavy atom. The van der Waals surface area contributed by atoms with E-state index in [0.29, 0.717) is 22.4 Å². The molecule has 1 aromatic rings. The molecule has 0 spiro atoms. The van der Waals surface area contributed by atoms with Crippen LogP contribution in [-0.2, 0) is 0 Å². The van der Waals surface area contributed by atoms with Crippen LogP contribution >= 0.6 is 15.9 Å². The van der Waals surface area contributed by atoms with E-state index in [0.717, 1.165) is 19.4 Å². The Hall–Kier alpha value is -0.900. The Kier molecular flexibility index (Phi) is 4.34. The molecule has 1 amide bonds. The number of amides is 1. The van der Waals surface area contributed by atoms with Crippen molar-refractivity contribution in [1.29, 1.82) is 0 Å². The SMILES string of the molecule is C[C@@H]1CCN(C(=O)c2ccc(Br)cc2F)[C@@H]2CCCC[C@@H]12. The third kappa shape index (κ3) is 2.87. The highest BCUT2D eigenvalue weighted by Crippen LogP contribution is 2.39. The molecule has 1 heterocycles. The largest absolute Gasteiger partial charge is 0.335 e.